The van der Waals surface area contributed by atoms with Gasteiger partial charge in [-0.15, -0.1) is 11.3 Å². The van der Waals surface area contributed by atoms with Gasteiger partial charge in [0.05, 0.1) is 42.3 Å². The van der Waals surface area contributed by atoms with Crippen molar-refractivity contribution in [1.82, 2.24) is 20.5 Å². The minimum atomic E-state index is -0.413. The molecular formula is C20H17N5O4S2. The summed E-state index contributed by atoms with van der Waals surface area (Å²) in [6.07, 6.45) is 5.40. The topological polar surface area (TPSA) is 126 Å². The van der Waals surface area contributed by atoms with Crippen molar-refractivity contribution < 1.29 is 19.1 Å². The number of thiazole rings is 1. The first-order valence-corrected chi connectivity index (χ1v) is 10.9. The number of thioether (sulfide) groups is 1. The summed E-state index contributed by atoms with van der Waals surface area (Å²) in [6.45, 7) is 0. The highest BCUT2D eigenvalue weighted by molar-refractivity contribution is 8.18. The van der Waals surface area contributed by atoms with Gasteiger partial charge in [0.1, 0.15) is 10.8 Å². The van der Waals surface area contributed by atoms with Crippen LogP contribution in [-0.2, 0) is 25.5 Å². The number of nitrogens with one attached hydrogen (secondary N) is 2. The number of aromatic nitrogens is 3. The fourth-order valence-corrected chi connectivity index (χ4v) is 4.60. The lowest BCUT2D eigenvalue weighted by Crippen LogP contribution is -2.19. The molecular weight excluding hydrogens is 438 g/mol. The van der Waals surface area contributed by atoms with E-state index in [1.165, 1.54) is 30.2 Å². The van der Waals surface area contributed by atoms with Crippen LogP contribution in [0.4, 0.5) is 5.69 Å². The Balaban J connectivity index is 1.40. The van der Waals surface area contributed by atoms with Crippen molar-refractivity contribution in [3.8, 4) is 0 Å². The summed E-state index contributed by atoms with van der Waals surface area (Å²) in [5, 5.41) is 11.7. The van der Waals surface area contributed by atoms with Crippen LogP contribution in [0.5, 0.6) is 0 Å². The third kappa shape index (κ3) is 5.25. The molecule has 11 heteroatoms. The van der Waals surface area contributed by atoms with Gasteiger partial charge in [0.25, 0.3) is 5.91 Å². The van der Waals surface area contributed by atoms with Crippen molar-refractivity contribution in [2.24, 2.45) is 4.99 Å². The smallest absolute Gasteiger partial charge is 0.305 e. The van der Waals surface area contributed by atoms with Crippen molar-refractivity contribution in [2.45, 2.75) is 19.3 Å². The first kappa shape index (κ1) is 20.9. The van der Waals surface area contributed by atoms with Crippen molar-refractivity contribution in [3.63, 3.8) is 0 Å². The van der Waals surface area contributed by atoms with Gasteiger partial charge in [-0.3, -0.25) is 19.5 Å². The lowest BCUT2D eigenvalue weighted by molar-refractivity contribution is -0.141. The number of ketones is 1. The normalized spacial score (nSPS) is 16.2. The molecule has 1 amide bonds. The van der Waals surface area contributed by atoms with Crippen LogP contribution in [0, 0.1) is 0 Å². The van der Waals surface area contributed by atoms with Gasteiger partial charge in [0, 0.05) is 22.9 Å². The predicted molar refractivity (Wildman–Crippen MR) is 119 cm³/mol. The number of carbonyl (C=O) groups is 3. The van der Waals surface area contributed by atoms with Crippen LogP contribution in [-0.4, -0.2) is 45.1 Å². The van der Waals surface area contributed by atoms with Gasteiger partial charge in [-0.1, -0.05) is 0 Å². The first-order valence-electron chi connectivity index (χ1n) is 9.26. The zero-order valence-corrected chi connectivity index (χ0v) is 18.0. The Morgan fingerprint density at radius 1 is 1.26 bits per heavy atom. The first-order chi connectivity index (χ1) is 15.0. The van der Waals surface area contributed by atoms with E-state index in [0.29, 0.717) is 20.8 Å². The highest BCUT2D eigenvalue weighted by atomic mass is 32.2. The highest BCUT2D eigenvalue weighted by Crippen LogP contribution is 2.30. The number of fused-ring (bicyclic) bond motifs is 1. The SMILES string of the molecule is COC(=O)CCC(=O)Cc1ncc(/C=C2\SC(=Nc3ccc4cn[nH]c4c3)NC2=O)s1. The summed E-state index contributed by atoms with van der Waals surface area (Å²) in [4.78, 5) is 45.4. The van der Waals surface area contributed by atoms with Crippen molar-refractivity contribution in [2.75, 3.05) is 7.11 Å². The zero-order chi connectivity index (χ0) is 21.8. The maximum Gasteiger partial charge on any atom is 0.305 e. The number of carbonyl (C=O) groups excluding carboxylic acids is 3. The summed E-state index contributed by atoms with van der Waals surface area (Å²) in [5.74, 6) is -0.741. The van der Waals surface area contributed by atoms with E-state index in [1.807, 2.05) is 18.2 Å². The number of methoxy groups -OCH3 is 1. The van der Waals surface area contributed by atoms with Gasteiger partial charge in [0.2, 0.25) is 0 Å². The van der Waals surface area contributed by atoms with E-state index in [2.05, 4.69) is 30.2 Å². The van der Waals surface area contributed by atoms with Crippen molar-refractivity contribution >= 4 is 68.6 Å². The van der Waals surface area contributed by atoms with Crippen LogP contribution >= 0.6 is 23.1 Å². The van der Waals surface area contributed by atoms with E-state index in [9.17, 15) is 14.4 Å². The Hall–Kier alpha value is -3.31. The Morgan fingerprint density at radius 2 is 2.13 bits per heavy atom. The molecule has 2 aromatic heterocycles. The number of benzene rings is 1. The number of ether oxygens (including phenoxy) is 1. The Bertz CT molecular complexity index is 1230. The molecule has 0 atom stereocenters. The molecule has 1 aliphatic heterocycles. The Labute approximate surface area is 185 Å². The minimum absolute atomic E-state index is 0.0594. The van der Waals surface area contributed by atoms with E-state index < -0.39 is 5.97 Å². The molecule has 31 heavy (non-hydrogen) atoms. The van der Waals surface area contributed by atoms with E-state index in [1.54, 1.807) is 18.5 Å². The summed E-state index contributed by atoms with van der Waals surface area (Å²) in [7, 11) is 1.29. The number of rotatable bonds is 7. The second-order valence-corrected chi connectivity index (χ2v) is 8.75. The summed E-state index contributed by atoms with van der Waals surface area (Å²) < 4.78 is 4.53. The fraction of sp³-hybridized carbons (Fsp3) is 0.200. The second kappa shape index (κ2) is 9.23. The predicted octanol–water partition coefficient (Wildman–Crippen LogP) is 2.98. The summed E-state index contributed by atoms with van der Waals surface area (Å²) in [6, 6.07) is 5.62. The summed E-state index contributed by atoms with van der Waals surface area (Å²) >= 11 is 2.57. The molecule has 1 aliphatic rings. The van der Waals surface area contributed by atoms with E-state index in [4.69, 9.17) is 0 Å². The van der Waals surface area contributed by atoms with Gasteiger partial charge >= 0.3 is 5.97 Å². The molecule has 3 aromatic rings. The van der Waals surface area contributed by atoms with E-state index in [-0.39, 0.29) is 31.0 Å². The number of amides is 1. The number of H-pyrrole nitrogens is 1. The lowest BCUT2D eigenvalue weighted by Gasteiger charge is -1.97. The molecule has 3 heterocycles. The number of amidine groups is 1. The van der Waals surface area contributed by atoms with Gasteiger partial charge in [-0.05, 0) is 36.0 Å². The number of esters is 1. The molecule has 0 unspecified atom stereocenters. The number of aromatic amines is 1. The quantitative estimate of drug-likeness (QED) is 0.414. The lowest BCUT2D eigenvalue weighted by atomic mass is 10.2. The summed E-state index contributed by atoms with van der Waals surface area (Å²) in [5.41, 5.74) is 1.57. The van der Waals surface area contributed by atoms with Gasteiger partial charge in [-0.25, -0.2) is 9.98 Å². The molecule has 0 radical (unpaired) electrons. The number of hydrogen-bond acceptors (Lipinski definition) is 9. The number of aliphatic imine (C=N–C) groups is 1. The minimum Gasteiger partial charge on any atom is -0.469 e. The Morgan fingerprint density at radius 3 is 2.97 bits per heavy atom. The molecule has 1 fully saturated rings. The standard InChI is InChI=1S/C20H17N5O4S2/c1-29-18(27)5-4-13(26)7-17-21-10-14(30-17)8-16-19(28)24-20(31-16)23-12-3-2-11-9-22-25-15(11)6-12/h2-3,6,8-10H,4-5,7H2,1H3,(H,22,25)(H,23,24,28)/b16-8-. The highest BCUT2D eigenvalue weighted by Gasteiger charge is 2.24. The molecule has 9 nitrogen and oxygen atoms in total. The van der Waals surface area contributed by atoms with Gasteiger partial charge in [0.15, 0.2) is 5.17 Å². The monoisotopic (exact) mass is 455 g/mol. The van der Waals surface area contributed by atoms with Gasteiger partial charge < -0.3 is 10.1 Å². The molecule has 158 valence electrons. The van der Waals surface area contributed by atoms with Crippen LogP contribution in [0.3, 0.4) is 0 Å². The molecule has 1 aromatic carbocycles. The number of Topliss-reactive ketones (excluding diaryl/α,β-unsaturated/α-hetero) is 1. The van der Waals surface area contributed by atoms with Crippen LogP contribution in [0.25, 0.3) is 17.0 Å². The average molecular weight is 456 g/mol. The van der Waals surface area contributed by atoms with Gasteiger partial charge in [-0.2, -0.15) is 5.10 Å². The third-order valence-corrected chi connectivity index (χ3v) is 6.19. The third-order valence-electron chi connectivity index (χ3n) is 4.34. The maximum absolute atomic E-state index is 12.3. The van der Waals surface area contributed by atoms with Crippen molar-refractivity contribution in [1.29, 1.82) is 0 Å². The van der Waals surface area contributed by atoms with Crippen LogP contribution < -0.4 is 5.32 Å². The molecule has 0 saturated carbocycles. The molecule has 0 bridgehead atoms. The average Bonchev–Trinajstić information content (AvgIpc) is 3.47. The van der Waals surface area contributed by atoms with E-state index in [0.717, 1.165) is 15.8 Å². The largest absolute Gasteiger partial charge is 0.469 e. The molecule has 2 N–H and O–H groups in total. The van der Waals surface area contributed by atoms with Crippen LogP contribution in [0.15, 0.2) is 40.5 Å². The van der Waals surface area contributed by atoms with E-state index >= 15 is 0 Å². The second-order valence-electron chi connectivity index (χ2n) is 6.57. The number of hydrogen-bond donors (Lipinski definition) is 2. The van der Waals surface area contributed by atoms with Crippen molar-refractivity contribution in [3.05, 3.63) is 45.4 Å². The Kier molecular flexibility index (Phi) is 6.23. The molecule has 1 saturated heterocycles. The molecule has 0 aliphatic carbocycles. The number of nitrogens with zero attached hydrogens (tertiary/aromatic N) is 3. The fourth-order valence-electron chi connectivity index (χ4n) is 2.79. The zero-order valence-electron chi connectivity index (χ0n) is 16.4. The molecule has 0 spiro atoms. The maximum atomic E-state index is 12.3. The molecule has 4 rings (SSSR count). The van der Waals surface area contributed by atoms with Crippen LogP contribution in [0.1, 0.15) is 22.7 Å². The van der Waals surface area contributed by atoms with Crippen LogP contribution in [0.2, 0.25) is 0 Å².